The molecule has 3 aliphatic rings. The lowest BCUT2D eigenvalue weighted by Gasteiger charge is -2.37. The number of nitrogens with one attached hydrogen (secondary N) is 2. The Hall–Kier alpha value is -1.59. The SMILES string of the molecule is CNc1nc(Cl)c(Cl)c(N2CCN(CC[C@H]3CC[C@H](NC(=O)ON4CCOCC4)CC3)CC2)n1. The second kappa shape index (κ2) is 12.4. The largest absolute Gasteiger partial charge is 0.426 e. The first-order valence-corrected chi connectivity index (χ1v) is 13.0. The monoisotopic (exact) mass is 515 g/mol. The minimum atomic E-state index is -0.338. The molecule has 3 heterocycles. The summed E-state index contributed by atoms with van der Waals surface area (Å²) < 4.78 is 5.28. The summed E-state index contributed by atoms with van der Waals surface area (Å²) in [4.78, 5) is 30.8. The molecule has 3 fully saturated rings. The van der Waals surface area contributed by atoms with Crippen LogP contribution < -0.4 is 15.5 Å². The second-order valence-electron chi connectivity index (χ2n) is 9.13. The predicted molar refractivity (Wildman–Crippen MR) is 133 cm³/mol. The van der Waals surface area contributed by atoms with Gasteiger partial charge in [0.2, 0.25) is 5.95 Å². The zero-order valence-electron chi connectivity index (χ0n) is 19.8. The number of morpholine rings is 1. The molecule has 0 spiro atoms. The highest BCUT2D eigenvalue weighted by atomic mass is 35.5. The first-order chi connectivity index (χ1) is 16.5. The maximum Gasteiger partial charge on any atom is 0.426 e. The number of hydrogen-bond acceptors (Lipinski definition) is 9. The number of hydroxylamine groups is 2. The molecule has 1 saturated carbocycles. The van der Waals surface area contributed by atoms with E-state index in [4.69, 9.17) is 32.8 Å². The van der Waals surface area contributed by atoms with Gasteiger partial charge in [0.25, 0.3) is 0 Å². The Kier molecular flexibility index (Phi) is 9.30. The van der Waals surface area contributed by atoms with Crippen molar-refractivity contribution >= 4 is 41.1 Å². The van der Waals surface area contributed by atoms with Crippen LogP contribution in [0.3, 0.4) is 0 Å². The molecule has 4 rings (SSSR count). The van der Waals surface area contributed by atoms with E-state index in [-0.39, 0.29) is 17.3 Å². The molecule has 0 atom stereocenters. The molecule has 1 aromatic rings. The van der Waals surface area contributed by atoms with Gasteiger partial charge >= 0.3 is 6.09 Å². The van der Waals surface area contributed by atoms with E-state index in [0.29, 0.717) is 49.0 Å². The molecule has 0 bridgehead atoms. The molecule has 2 saturated heterocycles. The van der Waals surface area contributed by atoms with Gasteiger partial charge in [-0.05, 0) is 44.6 Å². The van der Waals surface area contributed by atoms with E-state index in [1.165, 1.54) is 6.42 Å². The normalized spacial score (nSPS) is 24.6. The molecule has 2 N–H and O–H groups in total. The Labute approximate surface area is 211 Å². The third kappa shape index (κ3) is 6.97. The maximum absolute atomic E-state index is 12.1. The smallest absolute Gasteiger partial charge is 0.379 e. The summed E-state index contributed by atoms with van der Waals surface area (Å²) in [6.07, 6.45) is 5.16. The first-order valence-electron chi connectivity index (χ1n) is 12.2. The van der Waals surface area contributed by atoms with Crippen molar-refractivity contribution in [2.24, 2.45) is 5.92 Å². The molecule has 190 valence electrons. The van der Waals surface area contributed by atoms with E-state index in [2.05, 4.69) is 30.4 Å². The van der Waals surface area contributed by atoms with E-state index in [0.717, 1.165) is 58.4 Å². The number of piperazine rings is 1. The van der Waals surface area contributed by atoms with Gasteiger partial charge in [-0.15, -0.1) is 5.06 Å². The molecule has 1 aliphatic carbocycles. The molecule has 1 amide bonds. The zero-order valence-corrected chi connectivity index (χ0v) is 21.3. The number of aromatic nitrogens is 2. The minimum absolute atomic E-state index is 0.209. The van der Waals surface area contributed by atoms with Crippen molar-refractivity contribution in [2.75, 3.05) is 76.3 Å². The van der Waals surface area contributed by atoms with Gasteiger partial charge in [-0.25, -0.2) is 4.79 Å². The van der Waals surface area contributed by atoms with Crippen LogP contribution in [-0.4, -0.2) is 98.1 Å². The van der Waals surface area contributed by atoms with E-state index in [1.54, 1.807) is 12.1 Å². The molecule has 34 heavy (non-hydrogen) atoms. The molecule has 0 radical (unpaired) electrons. The summed E-state index contributed by atoms with van der Waals surface area (Å²) >= 11 is 12.5. The highest BCUT2D eigenvalue weighted by Crippen LogP contribution is 2.32. The summed E-state index contributed by atoms with van der Waals surface area (Å²) in [6.45, 7) is 7.22. The molecular formula is C22H35Cl2N7O3. The first kappa shape index (κ1) is 25.5. The van der Waals surface area contributed by atoms with Gasteiger partial charge in [0.15, 0.2) is 11.0 Å². The lowest BCUT2D eigenvalue weighted by atomic mass is 9.84. The fourth-order valence-corrected chi connectivity index (χ4v) is 5.19. The summed E-state index contributed by atoms with van der Waals surface area (Å²) in [5.41, 5.74) is 0. The van der Waals surface area contributed by atoms with E-state index < -0.39 is 0 Å². The Morgan fingerprint density at radius 1 is 1.06 bits per heavy atom. The van der Waals surface area contributed by atoms with Gasteiger partial charge in [-0.3, -0.25) is 4.90 Å². The number of carbonyl (C=O) groups is 1. The topological polar surface area (TPSA) is 95.1 Å². The molecule has 10 nitrogen and oxygen atoms in total. The summed E-state index contributed by atoms with van der Waals surface area (Å²) in [6, 6.07) is 0.209. The number of hydrogen-bond donors (Lipinski definition) is 2. The lowest BCUT2D eigenvalue weighted by Crippen LogP contribution is -2.47. The van der Waals surface area contributed by atoms with Crippen molar-refractivity contribution in [3.8, 4) is 0 Å². The lowest BCUT2D eigenvalue weighted by molar-refractivity contribution is -0.146. The molecule has 1 aromatic heterocycles. The zero-order chi connectivity index (χ0) is 23.9. The Morgan fingerprint density at radius 3 is 2.44 bits per heavy atom. The van der Waals surface area contributed by atoms with Crippen LogP contribution in [0.5, 0.6) is 0 Å². The van der Waals surface area contributed by atoms with E-state index >= 15 is 0 Å². The second-order valence-corrected chi connectivity index (χ2v) is 9.86. The van der Waals surface area contributed by atoms with Crippen molar-refractivity contribution in [3.05, 3.63) is 10.2 Å². The van der Waals surface area contributed by atoms with Crippen molar-refractivity contribution in [1.82, 2.24) is 25.2 Å². The average Bonchev–Trinajstić information content (AvgIpc) is 2.86. The molecule has 0 aromatic carbocycles. The van der Waals surface area contributed by atoms with Crippen molar-refractivity contribution in [2.45, 2.75) is 38.1 Å². The number of rotatable bonds is 7. The van der Waals surface area contributed by atoms with Crippen LogP contribution >= 0.6 is 23.2 Å². The highest BCUT2D eigenvalue weighted by Gasteiger charge is 2.26. The number of amides is 1. The van der Waals surface area contributed by atoms with Gasteiger partial charge < -0.3 is 25.1 Å². The van der Waals surface area contributed by atoms with Gasteiger partial charge in [-0.1, -0.05) is 23.2 Å². The fourth-order valence-electron chi connectivity index (χ4n) is 4.82. The summed E-state index contributed by atoms with van der Waals surface area (Å²) in [7, 11) is 1.77. The predicted octanol–water partition coefficient (Wildman–Crippen LogP) is 2.87. The third-order valence-electron chi connectivity index (χ3n) is 6.89. The van der Waals surface area contributed by atoms with Gasteiger partial charge in [0.1, 0.15) is 5.02 Å². The van der Waals surface area contributed by atoms with Crippen LogP contribution in [-0.2, 0) is 9.57 Å². The van der Waals surface area contributed by atoms with Crippen LogP contribution in [0.4, 0.5) is 16.6 Å². The minimum Gasteiger partial charge on any atom is -0.379 e. The molecule has 12 heteroatoms. The van der Waals surface area contributed by atoms with Crippen molar-refractivity contribution < 1.29 is 14.4 Å². The molecule has 2 aliphatic heterocycles. The third-order valence-corrected chi connectivity index (χ3v) is 7.61. The Morgan fingerprint density at radius 2 is 1.76 bits per heavy atom. The fraction of sp³-hybridized carbons (Fsp3) is 0.773. The number of nitrogens with zero attached hydrogens (tertiary/aromatic N) is 5. The Balaban J connectivity index is 1.13. The quantitative estimate of drug-likeness (QED) is 0.531. The van der Waals surface area contributed by atoms with Crippen molar-refractivity contribution in [1.29, 1.82) is 0 Å². The number of ether oxygens (including phenoxy) is 1. The number of anilines is 2. The van der Waals surface area contributed by atoms with Crippen LogP contribution in [0.1, 0.15) is 32.1 Å². The molecular weight excluding hydrogens is 481 g/mol. The van der Waals surface area contributed by atoms with Gasteiger partial charge in [-0.2, -0.15) is 9.97 Å². The van der Waals surface area contributed by atoms with Crippen LogP contribution in [0.25, 0.3) is 0 Å². The van der Waals surface area contributed by atoms with Crippen LogP contribution in [0, 0.1) is 5.92 Å². The van der Waals surface area contributed by atoms with Gasteiger partial charge in [0, 0.05) is 39.3 Å². The van der Waals surface area contributed by atoms with Crippen LogP contribution in [0.2, 0.25) is 10.2 Å². The highest BCUT2D eigenvalue weighted by molar-refractivity contribution is 6.42. The Bertz CT molecular complexity index is 812. The van der Waals surface area contributed by atoms with E-state index in [9.17, 15) is 4.79 Å². The summed E-state index contributed by atoms with van der Waals surface area (Å²) in [5.74, 6) is 1.88. The van der Waals surface area contributed by atoms with Crippen LogP contribution in [0.15, 0.2) is 0 Å². The maximum atomic E-state index is 12.1. The van der Waals surface area contributed by atoms with Crippen molar-refractivity contribution in [3.63, 3.8) is 0 Å². The number of carbonyl (C=O) groups excluding carboxylic acids is 1. The number of halogens is 2. The molecule has 0 unspecified atom stereocenters. The average molecular weight is 516 g/mol. The standard InChI is InChI=1S/C22H35Cl2N7O3/c1-25-21-27-19(24)18(23)20(28-21)30-10-8-29(9-11-30)7-6-16-2-4-17(5-3-16)26-22(32)34-31-12-14-33-15-13-31/h16-17H,2-15H2,1H3,(H,26,32)(H,25,27,28)/t16-,17-. The summed E-state index contributed by atoms with van der Waals surface area (Å²) in [5, 5.41) is 8.33. The van der Waals surface area contributed by atoms with E-state index in [1.807, 2.05) is 0 Å². The van der Waals surface area contributed by atoms with Gasteiger partial charge in [0.05, 0.1) is 26.3 Å².